The van der Waals surface area contributed by atoms with Crippen LogP contribution < -0.4 is 10.5 Å². The largest absolute Gasteiger partial charge is 0.429 e. The Morgan fingerprint density at radius 3 is 2.37 bits per heavy atom. The van der Waals surface area contributed by atoms with E-state index in [4.69, 9.17) is 5.73 Å². The van der Waals surface area contributed by atoms with Crippen molar-refractivity contribution in [3.8, 4) is 5.75 Å². The van der Waals surface area contributed by atoms with Gasteiger partial charge in [0.15, 0.2) is 0 Å². The van der Waals surface area contributed by atoms with Crippen molar-refractivity contribution in [2.75, 3.05) is 0 Å². The molecule has 0 saturated heterocycles. The second-order valence-corrected chi connectivity index (χ2v) is 4.06. The Bertz CT molecular complexity index is 505. The normalized spacial score (nSPS) is 12.7. The van der Waals surface area contributed by atoms with Gasteiger partial charge in [-0.05, 0) is 49.9 Å². The van der Waals surface area contributed by atoms with Gasteiger partial charge in [-0.1, -0.05) is 6.58 Å². The summed E-state index contributed by atoms with van der Waals surface area (Å²) in [6.45, 7) is 6.19. The van der Waals surface area contributed by atoms with Crippen LogP contribution >= 0.6 is 0 Å². The molecule has 1 rings (SSSR count). The first kappa shape index (κ1) is 14.9. The van der Waals surface area contributed by atoms with E-state index in [0.29, 0.717) is 5.69 Å². The molecule has 1 aromatic rings. The highest BCUT2D eigenvalue weighted by atomic mass is 19.3. The Kier molecular flexibility index (Phi) is 4.80. The number of benzene rings is 1. The molecule has 19 heavy (non-hydrogen) atoms. The van der Waals surface area contributed by atoms with Crippen LogP contribution in [0.2, 0.25) is 0 Å². The lowest BCUT2D eigenvalue weighted by Crippen LogP contribution is -2.25. The fourth-order valence-electron chi connectivity index (χ4n) is 1.05. The first-order chi connectivity index (χ1) is 8.85. The summed E-state index contributed by atoms with van der Waals surface area (Å²) in [5.41, 5.74) is 6.36. The number of nitrogens with two attached hydrogens (primary N) is 1. The van der Waals surface area contributed by atoms with Crippen LogP contribution in [0.3, 0.4) is 0 Å². The molecule has 0 saturated carbocycles. The van der Waals surface area contributed by atoms with Crippen molar-refractivity contribution in [3.05, 3.63) is 48.2 Å². The highest BCUT2D eigenvalue weighted by Crippen LogP contribution is 2.28. The summed E-state index contributed by atoms with van der Waals surface area (Å²) in [7, 11) is 0. The molecule has 102 valence electrons. The quantitative estimate of drug-likeness (QED) is 0.651. The van der Waals surface area contributed by atoms with Crippen LogP contribution in [0.25, 0.3) is 0 Å². The summed E-state index contributed by atoms with van der Waals surface area (Å²) < 4.78 is 31.1. The van der Waals surface area contributed by atoms with Crippen molar-refractivity contribution < 1.29 is 13.5 Å². The van der Waals surface area contributed by atoms with Gasteiger partial charge in [0.05, 0.1) is 5.69 Å². The van der Waals surface area contributed by atoms with Crippen molar-refractivity contribution in [3.63, 3.8) is 0 Å². The van der Waals surface area contributed by atoms with E-state index in [1.54, 1.807) is 25.3 Å². The predicted octanol–water partition coefficient (Wildman–Crippen LogP) is 3.80. The smallest absolute Gasteiger partial charge is 0.422 e. The van der Waals surface area contributed by atoms with Gasteiger partial charge in [0.25, 0.3) is 0 Å². The second kappa shape index (κ2) is 6.13. The minimum atomic E-state index is -3.37. The SMILES string of the molecule is C=C(C)C(F)(F)Oc1ccc(N=C/C(C)=C\N)cc1. The lowest BCUT2D eigenvalue weighted by Gasteiger charge is -2.17. The topological polar surface area (TPSA) is 47.6 Å². The lowest BCUT2D eigenvalue weighted by molar-refractivity contribution is -0.141. The van der Waals surface area contributed by atoms with Crippen molar-refractivity contribution in [1.29, 1.82) is 0 Å². The second-order valence-electron chi connectivity index (χ2n) is 4.06. The van der Waals surface area contributed by atoms with Gasteiger partial charge in [-0.2, -0.15) is 8.78 Å². The molecule has 0 heterocycles. The van der Waals surface area contributed by atoms with Crippen LogP contribution in [-0.4, -0.2) is 12.3 Å². The molecule has 0 atom stereocenters. The summed E-state index contributed by atoms with van der Waals surface area (Å²) >= 11 is 0. The van der Waals surface area contributed by atoms with Gasteiger partial charge in [-0.3, -0.25) is 4.99 Å². The maximum Gasteiger partial charge on any atom is 0.422 e. The molecule has 0 aromatic heterocycles. The van der Waals surface area contributed by atoms with E-state index < -0.39 is 6.11 Å². The minimum Gasteiger partial charge on any atom is -0.429 e. The summed E-state index contributed by atoms with van der Waals surface area (Å²) in [6.07, 6.45) is -0.365. The van der Waals surface area contributed by atoms with E-state index in [9.17, 15) is 8.78 Å². The minimum absolute atomic E-state index is 0.0537. The number of halogens is 2. The number of alkyl halides is 2. The van der Waals surface area contributed by atoms with Gasteiger partial charge in [-0.25, -0.2) is 0 Å². The van der Waals surface area contributed by atoms with Gasteiger partial charge >= 0.3 is 6.11 Å². The number of ether oxygens (including phenoxy) is 1. The van der Waals surface area contributed by atoms with Crippen LogP contribution in [0.1, 0.15) is 13.8 Å². The van der Waals surface area contributed by atoms with Crippen LogP contribution in [0, 0.1) is 0 Å². The average molecular weight is 266 g/mol. The maximum atomic E-state index is 13.3. The molecule has 0 aliphatic carbocycles. The molecule has 0 unspecified atom stereocenters. The van der Waals surface area contributed by atoms with Crippen molar-refractivity contribution in [1.82, 2.24) is 0 Å². The molecule has 0 bridgehead atoms. The number of allylic oxidation sites excluding steroid dienone is 1. The molecule has 5 heteroatoms. The Labute approximate surface area is 111 Å². The monoisotopic (exact) mass is 266 g/mol. The molecule has 3 nitrogen and oxygen atoms in total. The molecule has 0 aliphatic rings. The third kappa shape index (κ3) is 4.54. The fourth-order valence-corrected chi connectivity index (χ4v) is 1.05. The highest BCUT2D eigenvalue weighted by Gasteiger charge is 2.32. The molecule has 0 aliphatic heterocycles. The van der Waals surface area contributed by atoms with Crippen molar-refractivity contribution >= 4 is 11.9 Å². The molecule has 0 amide bonds. The predicted molar refractivity (Wildman–Crippen MR) is 72.9 cm³/mol. The number of hydrogen-bond acceptors (Lipinski definition) is 3. The third-order valence-corrected chi connectivity index (χ3v) is 2.26. The molecule has 1 aromatic carbocycles. The number of nitrogens with zero attached hydrogens (tertiary/aromatic N) is 1. The summed E-state index contributed by atoms with van der Waals surface area (Å²) in [5.74, 6) is 0.0537. The third-order valence-electron chi connectivity index (χ3n) is 2.26. The van der Waals surface area contributed by atoms with E-state index in [1.807, 2.05) is 0 Å². The Balaban J connectivity index is 2.77. The fraction of sp³-hybridized carbons (Fsp3) is 0.214. The Morgan fingerprint density at radius 1 is 1.32 bits per heavy atom. The van der Waals surface area contributed by atoms with Gasteiger partial charge < -0.3 is 10.5 Å². The Hall–Kier alpha value is -2.17. The first-order valence-electron chi connectivity index (χ1n) is 5.60. The molecule has 0 radical (unpaired) electrons. The van der Waals surface area contributed by atoms with Crippen molar-refractivity contribution in [2.45, 2.75) is 20.0 Å². The standard InChI is InChI=1S/C14H16F2N2O/c1-10(2)14(15,16)19-13-6-4-12(5-7-13)18-9-11(3)8-17/h4-9H,1,17H2,2-3H3/b11-8-,18-9?. The highest BCUT2D eigenvalue weighted by molar-refractivity contribution is 5.80. The summed E-state index contributed by atoms with van der Waals surface area (Å²) in [4.78, 5) is 4.12. The number of hydrogen-bond donors (Lipinski definition) is 1. The zero-order valence-corrected chi connectivity index (χ0v) is 10.9. The van der Waals surface area contributed by atoms with E-state index in [1.165, 1.54) is 25.3 Å². The van der Waals surface area contributed by atoms with E-state index in [2.05, 4.69) is 16.3 Å². The van der Waals surface area contributed by atoms with Crippen LogP contribution in [0.15, 0.2) is 53.2 Å². The van der Waals surface area contributed by atoms with E-state index >= 15 is 0 Å². The van der Waals surface area contributed by atoms with Gasteiger partial charge in [-0.15, -0.1) is 0 Å². The van der Waals surface area contributed by atoms with E-state index in [0.717, 1.165) is 5.57 Å². The first-order valence-corrected chi connectivity index (χ1v) is 5.60. The Morgan fingerprint density at radius 2 is 1.89 bits per heavy atom. The van der Waals surface area contributed by atoms with Crippen LogP contribution in [-0.2, 0) is 0 Å². The number of rotatable bonds is 5. The van der Waals surface area contributed by atoms with Crippen LogP contribution in [0.4, 0.5) is 14.5 Å². The van der Waals surface area contributed by atoms with Gasteiger partial charge in [0.2, 0.25) is 0 Å². The number of aliphatic imine (C=N–C) groups is 1. The maximum absolute atomic E-state index is 13.3. The van der Waals surface area contributed by atoms with E-state index in [-0.39, 0.29) is 11.3 Å². The summed E-state index contributed by atoms with van der Waals surface area (Å²) in [6, 6.07) is 5.99. The van der Waals surface area contributed by atoms with Crippen molar-refractivity contribution in [2.24, 2.45) is 10.7 Å². The zero-order valence-electron chi connectivity index (χ0n) is 10.9. The van der Waals surface area contributed by atoms with Gasteiger partial charge in [0.1, 0.15) is 5.75 Å². The van der Waals surface area contributed by atoms with Gasteiger partial charge in [0, 0.05) is 11.8 Å². The molecule has 0 spiro atoms. The lowest BCUT2D eigenvalue weighted by atomic mass is 10.3. The molecular formula is C14H16F2N2O. The molecule has 2 N–H and O–H groups in total. The zero-order chi connectivity index (χ0) is 14.5. The average Bonchev–Trinajstić information content (AvgIpc) is 2.37. The molecule has 0 fully saturated rings. The summed E-state index contributed by atoms with van der Waals surface area (Å²) in [5, 5.41) is 0. The molecular weight excluding hydrogens is 250 g/mol. The van der Waals surface area contributed by atoms with Crippen LogP contribution in [0.5, 0.6) is 5.75 Å².